The second-order valence-corrected chi connectivity index (χ2v) is 6.82. The molecule has 1 fully saturated rings. The highest BCUT2D eigenvalue weighted by molar-refractivity contribution is 5.87. The molecule has 0 saturated heterocycles. The third-order valence-corrected chi connectivity index (χ3v) is 4.84. The summed E-state index contributed by atoms with van der Waals surface area (Å²) in [4.78, 5) is 36.6. The fourth-order valence-electron chi connectivity index (χ4n) is 3.32. The Kier molecular flexibility index (Phi) is 7.16. The Bertz CT molecular complexity index is 599. The van der Waals surface area contributed by atoms with Crippen molar-refractivity contribution in [2.24, 2.45) is 11.8 Å². The lowest BCUT2D eigenvalue weighted by Gasteiger charge is -2.25. The maximum absolute atomic E-state index is 12.5. The summed E-state index contributed by atoms with van der Waals surface area (Å²) in [6, 6.07) is 8.99. The fraction of sp³-hybridized carbons (Fsp3) is 0.550. The normalized spacial score (nSPS) is 19.8. The van der Waals surface area contributed by atoms with Gasteiger partial charge in [-0.25, -0.2) is 4.79 Å². The van der Waals surface area contributed by atoms with Crippen LogP contribution in [0, 0.1) is 11.8 Å². The van der Waals surface area contributed by atoms with Gasteiger partial charge in [-0.15, -0.1) is 0 Å². The first-order valence-electron chi connectivity index (χ1n) is 8.96. The van der Waals surface area contributed by atoms with E-state index in [1.165, 1.54) is 7.11 Å². The number of carbonyl (C=O) groups excluding carboxylic acids is 3. The number of Topliss-reactive ketones (excluding diaryl/α,β-unsaturated/α-hetero) is 1. The van der Waals surface area contributed by atoms with E-state index in [0.717, 1.165) is 24.8 Å². The summed E-state index contributed by atoms with van der Waals surface area (Å²) in [7, 11) is 1.30. The number of hydrogen-bond acceptors (Lipinski definition) is 4. The molecule has 1 N–H and O–H groups in total. The van der Waals surface area contributed by atoms with Crippen molar-refractivity contribution in [1.82, 2.24) is 5.32 Å². The lowest BCUT2D eigenvalue weighted by Crippen LogP contribution is -2.46. The third kappa shape index (κ3) is 5.69. The number of rotatable bonds is 7. The van der Waals surface area contributed by atoms with Gasteiger partial charge in [-0.05, 0) is 31.2 Å². The van der Waals surface area contributed by atoms with Crippen LogP contribution in [0.15, 0.2) is 30.3 Å². The first-order valence-corrected chi connectivity index (χ1v) is 8.96. The van der Waals surface area contributed by atoms with Crippen molar-refractivity contribution in [3.63, 3.8) is 0 Å². The van der Waals surface area contributed by atoms with Crippen LogP contribution in [-0.2, 0) is 25.5 Å². The zero-order chi connectivity index (χ0) is 18.2. The summed E-state index contributed by atoms with van der Waals surface area (Å²) >= 11 is 0. The van der Waals surface area contributed by atoms with Crippen molar-refractivity contribution in [2.45, 2.75) is 51.5 Å². The van der Waals surface area contributed by atoms with Crippen LogP contribution in [-0.4, -0.2) is 30.8 Å². The predicted octanol–water partition coefficient (Wildman–Crippen LogP) is 2.67. The highest BCUT2D eigenvalue weighted by Crippen LogP contribution is 2.25. The molecule has 5 heteroatoms. The Labute approximate surface area is 149 Å². The predicted molar refractivity (Wildman–Crippen MR) is 94.8 cm³/mol. The minimum absolute atomic E-state index is 0.164. The molecule has 0 aromatic heterocycles. The van der Waals surface area contributed by atoms with Crippen molar-refractivity contribution in [3.05, 3.63) is 35.9 Å². The van der Waals surface area contributed by atoms with Crippen LogP contribution in [0.4, 0.5) is 0 Å². The van der Waals surface area contributed by atoms with Crippen LogP contribution in [0.3, 0.4) is 0 Å². The molecular weight excluding hydrogens is 318 g/mol. The third-order valence-electron chi connectivity index (χ3n) is 4.84. The lowest BCUT2D eigenvalue weighted by atomic mass is 9.83. The molecule has 25 heavy (non-hydrogen) atoms. The van der Waals surface area contributed by atoms with Gasteiger partial charge >= 0.3 is 5.97 Å². The van der Waals surface area contributed by atoms with Gasteiger partial charge in [0.2, 0.25) is 5.91 Å². The van der Waals surface area contributed by atoms with E-state index in [-0.39, 0.29) is 23.5 Å². The smallest absolute Gasteiger partial charge is 0.328 e. The summed E-state index contributed by atoms with van der Waals surface area (Å²) in [5.41, 5.74) is 1.07. The van der Waals surface area contributed by atoms with E-state index < -0.39 is 12.0 Å². The van der Waals surface area contributed by atoms with Crippen molar-refractivity contribution in [3.8, 4) is 0 Å². The summed E-state index contributed by atoms with van der Waals surface area (Å²) in [6.07, 6.45) is 4.18. The number of amides is 1. The molecule has 0 unspecified atom stereocenters. The average Bonchev–Trinajstić information content (AvgIpc) is 2.63. The fourth-order valence-corrected chi connectivity index (χ4v) is 3.32. The van der Waals surface area contributed by atoms with E-state index in [2.05, 4.69) is 5.32 Å². The van der Waals surface area contributed by atoms with Gasteiger partial charge in [0.15, 0.2) is 0 Å². The van der Waals surface area contributed by atoms with E-state index in [1.807, 2.05) is 37.3 Å². The van der Waals surface area contributed by atoms with E-state index >= 15 is 0 Å². The average molecular weight is 345 g/mol. The van der Waals surface area contributed by atoms with Crippen molar-refractivity contribution in [2.75, 3.05) is 7.11 Å². The zero-order valence-electron chi connectivity index (χ0n) is 15.0. The Hall–Kier alpha value is -2.17. The highest BCUT2D eigenvalue weighted by Gasteiger charge is 2.31. The number of benzene rings is 1. The van der Waals surface area contributed by atoms with Crippen molar-refractivity contribution in [1.29, 1.82) is 0 Å². The number of methoxy groups -OCH3 is 1. The summed E-state index contributed by atoms with van der Waals surface area (Å²) in [5.74, 6) is -0.924. The molecule has 1 aliphatic rings. The van der Waals surface area contributed by atoms with Gasteiger partial charge in [-0.1, -0.05) is 43.7 Å². The van der Waals surface area contributed by atoms with Crippen LogP contribution in [0.5, 0.6) is 0 Å². The SMILES string of the molecule is COC(=O)[C@H](C[C@@H]1CCCCC1=O)NC(=O)[C@@H](C)Cc1ccccc1. The van der Waals surface area contributed by atoms with Crippen LogP contribution in [0.2, 0.25) is 0 Å². The number of carbonyl (C=O) groups is 3. The first kappa shape index (κ1) is 19.2. The Morgan fingerprint density at radius 2 is 1.96 bits per heavy atom. The number of nitrogens with one attached hydrogen (secondary N) is 1. The molecule has 1 amide bonds. The molecular formula is C20H27NO4. The molecule has 1 aromatic rings. The second-order valence-electron chi connectivity index (χ2n) is 6.82. The van der Waals surface area contributed by atoms with E-state index in [1.54, 1.807) is 0 Å². The monoisotopic (exact) mass is 345 g/mol. The molecule has 0 aliphatic heterocycles. The molecule has 1 aliphatic carbocycles. The maximum atomic E-state index is 12.5. The lowest BCUT2D eigenvalue weighted by molar-refractivity contribution is -0.146. The van der Waals surface area contributed by atoms with Gasteiger partial charge in [0, 0.05) is 18.3 Å². The molecule has 0 heterocycles. The van der Waals surface area contributed by atoms with E-state index in [0.29, 0.717) is 19.3 Å². The van der Waals surface area contributed by atoms with Crippen LogP contribution < -0.4 is 5.32 Å². The van der Waals surface area contributed by atoms with Gasteiger partial charge in [0.1, 0.15) is 11.8 Å². The summed E-state index contributed by atoms with van der Waals surface area (Å²) < 4.78 is 4.82. The quantitative estimate of drug-likeness (QED) is 0.771. The zero-order valence-corrected chi connectivity index (χ0v) is 15.0. The van der Waals surface area contributed by atoms with Gasteiger partial charge in [-0.2, -0.15) is 0 Å². The minimum Gasteiger partial charge on any atom is -0.467 e. The van der Waals surface area contributed by atoms with E-state index in [4.69, 9.17) is 4.74 Å². The number of esters is 1. The highest BCUT2D eigenvalue weighted by atomic mass is 16.5. The Morgan fingerprint density at radius 1 is 1.24 bits per heavy atom. The van der Waals surface area contributed by atoms with Gasteiger partial charge < -0.3 is 10.1 Å². The van der Waals surface area contributed by atoms with Crippen molar-refractivity contribution < 1.29 is 19.1 Å². The molecule has 0 radical (unpaired) electrons. The number of hydrogen-bond donors (Lipinski definition) is 1. The number of ketones is 1. The molecule has 0 spiro atoms. The molecule has 1 aromatic carbocycles. The van der Waals surface area contributed by atoms with Gasteiger partial charge in [-0.3, -0.25) is 9.59 Å². The minimum atomic E-state index is -0.761. The first-order chi connectivity index (χ1) is 12.0. The molecule has 5 nitrogen and oxygen atoms in total. The van der Waals surface area contributed by atoms with Crippen molar-refractivity contribution >= 4 is 17.7 Å². The standard InChI is InChI=1S/C20H27NO4/c1-14(12-15-8-4-3-5-9-15)19(23)21-17(20(24)25-2)13-16-10-6-7-11-18(16)22/h3-5,8-9,14,16-17H,6-7,10-13H2,1-2H3,(H,21,23)/t14-,16-,17-/m0/s1. The topological polar surface area (TPSA) is 72.5 Å². The second kappa shape index (κ2) is 9.35. The summed E-state index contributed by atoms with van der Waals surface area (Å²) in [5, 5.41) is 2.79. The van der Waals surface area contributed by atoms with E-state index in [9.17, 15) is 14.4 Å². The maximum Gasteiger partial charge on any atom is 0.328 e. The molecule has 3 atom stereocenters. The van der Waals surface area contributed by atoms with Crippen LogP contribution in [0.1, 0.15) is 44.6 Å². The molecule has 2 rings (SSSR count). The summed E-state index contributed by atoms with van der Waals surface area (Å²) in [6.45, 7) is 1.84. The van der Waals surface area contributed by atoms with Gasteiger partial charge in [0.05, 0.1) is 7.11 Å². The van der Waals surface area contributed by atoms with Crippen LogP contribution in [0.25, 0.3) is 0 Å². The van der Waals surface area contributed by atoms with Gasteiger partial charge in [0.25, 0.3) is 0 Å². The molecule has 1 saturated carbocycles. The Balaban J connectivity index is 1.96. The number of ether oxygens (including phenoxy) is 1. The Morgan fingerprint density at radius 3 is 2.60 bits per heavy atom. The molecule has 0 bridgehead atoms. The molecule has 136 valence electrons. The largest absolute Gasteiger partial charge is 0.467 e. The van der Waals surface area contributed by atoms with Crippen LogP contribution >= 0.6 is 0 Å².